The fraction of sp³-hybridized carbons (Fsp3) is 0.297. The maximum atomic E-state index is 13.3. The van der Waals surface area contributed by atoms with Crippen LogP contribution in [0.15, 0.2) is 78.9 Å². The predicted octanol–water partition coefficient (Wildman–Crippen LogP) is 4.16. The number of carbonyl (C=O) groups excluding carboxylic acids is 2. The second-order valence-electron chi connectivity index (χ2n) is 12.0. The van der Waals surface area contributed by atoms with E-state index >= 15 is 0 Å². The topological polar surface area (TPSA) is 148 Å². The molecule has 0 radical (unpaired) electrons. The number of hydrogen-bond acceptors (Lipinski definition) is 11. The summed E-state index contributed by atoms with van der Waals surface area (Å²) in [5.41, 5.74) is 6.46. The van der Waals surface area contributed by atoms with Gasteiger partial charge in [-0.05, 0) is 77.4 Å². The molecule has 12 nitrogen and oxygen atoms in total. The van der Waals surface area contributed by atoms with Crippen LogP contribution in [0.3, 0.4) is 0 Å². The van der Waals surface area contributed by atoms with Crippen LogP contribution < -0.4 is 29.7 Å². The van der Waals surface area contributed by atoms with Gasteiger partial charge in [0.05, 0.1) is 49.6 Å². The Balaban J connectivity index is 0.999. The number of methoxy groups -OCH3 is 1. The Labute approximate surface area is 283 Å². The fourth-order valence-electron chi connectivity index (χ4n) is 6.08. The molecule has 0 saturated carbocycles. The number of amides is 1. The Kier molecular flexibility index (Phi) is 9.25. The summed E-state index contributed by atoms with van der Waals surface area (Å²) in [4.78, 5) is 27.1. The van der Waals surface area contributed by atoms with Crippen molar-refractivity contribution in [3.05, 3.63) is 90.0 Å². The molecule has 0 bridgehead atoms. The number of morpholine rings is 1. The van der Waals surface area contributed by atoms with E-state index < -0.39 is 24.3 Å². The van der Waals surface area contributed by atoms with Gasteiger partial charge in [-0.15, -0.1) is 0 Å². The van der Waals surface area contributed by atoms with Crippen molar-refractivity contribution in [3.8, 4) is 28.4 Å². The van der Waals surface area contributed by atoms with Crippen LogP contribution in [0, 0.1) is 0 Å². The van der Waals surface area contributed by atoms with E-state index in [2.05, 4.69) is 27.7 Å². The largest absolute Gasteiger partial charge is 0.493 e. The molecule has 4 aromatic rings. The number of carbonyl (C=O) groups is 2. The summed E-state index contributed by atoms with van der Waals surface area (Å²) in [6, 6.07) is 24.9. The van der Waals surface area contributed by atoms with Crippen LogP contribution in [0.4, 0.5) is 22.7 Å². The number of nitrogens with zero attached hydrogens (tertiary/aromatic N) is 1. The monoisotopic (exact) mass is 667 g/mol. The van der Waals surface area contributed by atoms with Gasteiger partial charge in [-0.2, -0.15) is 0 Å². The molecule has 3 aliphatic heterocycles. The average Bonchev–Trinajstić information content (AvgIpc) is 3.28. The van der Waals surface area contributed by atoms with Crippen molar-refractivity contribution in [1.82, 2.24) is 0 Å². The van der Waals surface area contributed by atoms with Crippen LogP contribution in [0.1, 0.15) is 15.9 Å². The molecule has 0 aromatic heterocycles. The molecule has 49 heavy (non-hydrogen) atoms. The highest BCUT2D eigenvalue weighted by atomic mass is 16.6. The number of benzene rings is 4. The Morgan fingerprint density at radius 1 is 0.816 bits per heavy atom. The van der Waals surface area contributed by atoms with Crippen LogP contribution >= 0.6 is 0 Å². The highest BCUT2D eigenvalue weighted by Crippen LogP contribution is 2.38. The molecule has 3 heterocycles. The molecule has 7 rings (SSSR count). The highest BCUT2D eigenvalue weighted by Gasteiger charge is 2.43. The number of nitrogens with one attached hydrogen (secondary N) is 2. The molecule has 254 valence electrons. The van der Waals surface area contributed by atoms with Crippen molar-refractivity contribution in [3.63, 3.8) is 0 Å². The quantitative estimate of drug-likeness (QED) is 0.181. The van der Waals surface area contributed by atoms with Crippen LogP contribution in [0.5, 0.6) is 17.2 Å². The van der Waals surface area contributed by atoms with Crippen LogP contribution in [0.2, 0.25) is 0 Å². The number of esters is 1. The number of aliphatic hydroxyl groups is 2. The smallest absolute Gasteiger partial charge is 0.338 e. The van der Waals surface area contributed by atoms with E-state index in [1.807, 2.05) is 48.5 Å². The lowest BCUT2D eigenvalue weighted by molar-refractivity contribution is -0.148. The van der Waals surface area contributed by atoms with Crippen LogP contribution in [0.25, 0.3) is 11.1 Å². The number of cyclic esters (lactones) is 1. The number of rotatable bonds is 10. The molecule has 1 amide bonds. The Morgan fingerprint density at radius 2 is 1.59 bits per heavy atom. The Hall–Kier alpha value is -5.30. The van der Waals surface area contributed by atoms with E-state index in [0.717, 1.165) is 60.1 Å². The fourth-order valence-corrected chi connectivity index (χ4v) is 6.08. The lowest BCUT2D eigenvalue weighted by Gasteiger charge is -2.28. The van der Waals surface area contributed by atoms with Gasteiger partial charge in [0.1, 0.15) is 18.5 Å². The first-order chi connectivity index (χ1) is 23.9. The van der Waals surface area contributed by atoms with Crippen molar-refractivity contribution in [2.75, 3.05) is 62.2 Å². The van der Waals surface area contributed by atoms with E-state index in [1.54, 1.807) is 18.2 Å². The van der Waals surface area contributed by atoms with Crippen molar-refractivity contribution in [1.29, 1.82) is 0 Å². The summed E-state index contributed by atoms with van der Waals surface area (Å²) in [5, 5.41) is 26.1. The van der Waals surface area contributed by atoms with E-state index in [1.165, 1.54) is 7.11 Å². The molecule has 3 atom stereocenters. The molecule has 4 N–H and O–H groups in total. The molecule has 2 saturated heterocycles. The van der Waals surface area contributed by atoms with E-state index in [-0.39, 0.29) is 12.5 Å². The number of aliphatic hydroxyl groups excluding tert-OH is 2. The summed E-state index contributed by atoms with van der Waals surface area (Å²) in [6.07, 6.45) is -3.29. The van der Waals surface area contributed by atoms with Crippen molar-refractivity contribution >= 4 is 34.6 Å². The maximum absolute atomic E-state index is 13.3. The zero-order valence-corrected chi connectivity index (χ0v) is 26.9. The van der Waals surface area contributed by atoms with E-state index in [9.17, 15) is 19.8 Å². The van der Waals surface area contributed by atoms with Gasteiger partial charge in [0.15, 0.2) is 23.7 Å². The molecule has 12 heteroatoms. The average molecular weight is 668 g/mol. The maximum Gasteiger partial charge on any atom is 0.338 e. The third-order valence-corrected chi connectivity index (χ3v) is 8.85. The molecule has 3 aliphatic rings. The minimum Gasteiger partial charge on any atom is -0.493 e. The third-order valence-electron chi connectivity index (χ3n) is 8.85. The molecule has 0 spiro atoms. The minimum absolute atomic E-state index is 0.158. The first-order valence-electron chi connectivity index (χ1n) is 16.1. The van der Waals surface area contributed by atoms with Crippen molar-refractivity contribution in [2.45, 2.75) is 24.7 Å². The second-order valence-corrected chi connectivity index (χ2v) is 12.0. The van der Waals surface area contributed by atoms with Gasteiger partial charge in [0.25, 0.3) is 5.91 Å². The first kappa shape index (κ1) is 32.3. The molecular weight excluding hydrogens is 630 g/mol. The van der Waals surface area contributed by atoms with E-state index in [4.69, 9.17) is 23.7 Å². The molecule has 2 fully saturated rings. The number of anilines is 4. The van der Waals surface area contributed by atoms with Gasteiger partial charge in [-0.3, -0.25) is 4.79 Å². The Bertz CT molecular complexity index is 1840. The van der Waals surface area contributed by atoms with E-state index in [0.29, 0.717) is 41.5 Å². The number of ether oxygens (including phenoxy) is 5. The summed E-state index contributed by atoms with van der Waals surface area (Å²) in [6.45, 7) is 3.60. The van der Waals surface area contributed by atoms with Crippen molar-refractivity contribution < 1.29 is 43.5 Å². The van der Waals surface area contributed by atoms with Crippen LogP contribution in [-0.4, -0.2) is 87.0 Å². The second kappa shape index (κ2) is 14.0. The first-order valence-corrected chi connectivity index (χ1v) is 16.1. The number of hydrogen-bond donors (Lipinski definition) is 4. The Morgan fingerprint density at radius 3 is 2.35 bits per heavy atom. The SMILES string of the molecule is COc1cc(-c2ccc3c(c2)Nc2ccc(CCOc4ccc(N5CCOCC5)cc4)cc2NC3=O)ccc1OC[C@H]1OC(=O)[C@H](O)[C@H]1O. The lowest BCUT2D eigenvalue weighted by atomic mass is 10.0. The molecule has 0 aliphatic carbocycles. The predicted molar refractivity (Wildman–Crippen MR) is 182 cm³/mol. The summed E-state index contributed by atoms with van der Waals surface area (Å²) in [7, 11) is 1.50. The van der Waals surface area contributed by atoms with Gasteiger partial charge in [-0.25, -0.2) is 4.79 Å². The van der Waals surface area contributed by atoms with Gasteiger partial charge in [0, 0.05) is 25.2 Å². The summed E-state index contributed by atoms with van der Waals surface area (Å²) in [5.74, 6) is 0.501. The normalized spacial score (nSPS) is 19.9. The highest BCUT2D eigenvalue weighted by molar-refractivity contribution is 6.12. The standard InChI is InChI=1S/C37H37N3O9/c1-45-32-20-24(4-11-31(32)48-21-33-34(41)35(42)37(44)49-33)23-3-9-27-29(19-23)38-28-10-2-22(18-30(28)39-36(27)43)12-15-47-26-7-5-25(6-8-26)40-13-16-46-17-14-40/h2-11,18-20,33-35,38,41-42H,12-17,21H2,1H3,(H,39,43)/t33-,34+,35-/m1/s1. The molecule has 0 unspecified atom stereocenters. The van der Waals surface area contributed by atoms with Gasteiger partial charge < -0.3 is 49.4 Å². The van der Waals surface area contributed by atoms with Gasteiger partial charge in [0.2, 0.25) is 0 Å². The summed E-state index contributed by atoms with van der Waals surface area (Å²) >= 11 is 0. The zero-order valence-electron chi connectivity index (χ0n) is 26.9. The number of fused-ring (bicyclic) bond motifs is 2. The summed E-state index contributed by atoms with van der Waals surface area (Å²) < 4.78 is 27.7. The van der Waals surface area contributed by atoms with Crippen LogP contribution in [-0.2, 0) is 20.7 Å². The zero-order chi connectivity index (χ0) is 33.9. The van der Waals surface area contributed by atoms with Crippen molar-refractivity contribution in [2.24, 2.45) is 0 Å². The lowest BCUT2D eigenvalue weighted by Crippen LogP contribution is -2.36. The van der Waals surface area contributed by atoms with Gasteiger partial charge >= 0.3 is 5.97 Å². The molecule has 4 aromatic carbocycles. The van der Waals surface area contributed by atoms with Gasteiger partial charge in [-0.1, -0.05) is 18.2 Å². The third kappa shape index (κ3) is 6.98. The molecular formula is C37H37N3O9. The minimum atomic E-state index is -1.59.